The molecule has 1 heterocycles. The molecular weight excluding hydrogens is 234 g/mol. The average Bonchev–Trinajstić information content (AvgIpc) is 2.90. The minimum absolute atomic E-state index is 0.708. The van der Waals surface area contributed by atoms with Gasteiger partial charge in [-0.25, -0.2) is 0 Å². The summed E-state index contributed by atoms with van der Waals surface area (Å²) >= 11 is 0. The molecule has 1 aliphatic heterocycles. The highest BCUT2D eigenvalue weighted by atomic mass is 15.3. The Hall–Kier alpha value is -0.120. The molecule has 0 aromatic rings. The molecule has 2 unspecified atom stereocenters. The first-order chi connectivity index (χ1) is 9.13. The number of hydrogen-bond acceptors (Lipinski definition) is 3. The van der Waals surface area contributed by atoms with Gasteiger partial charge >= 0.3 is 0 Å². The molecule has 2 atom stereocenters. The summed E-state index contributed by atoms with van der Waals surface area (Å²) in [6.45, 7) is 16.6. The fourth-order valence-corrected chi connectivity index (χ4v) is 3.39. The van der Waals surface area contributed by atoms with Crippen molar-refractivity contribution in [1.82, 2.24) is 14.7 Å². The molecule has 19 heavy (non-hydrogen) atoms. The molecule has 1 rings (SSSR count). The molecule has 0 saturated carbocycles. The monoisotopic (exact) mass is 269 g/mol. The highest BCUT2D eigenvalue weighted by Gasteiger charge is 2.30. The zero-order valence-corrected chi connectivity index (χ0v) is 13.9. The van der Waals surface area contributed by atoms with Crippen LogP contribution in [0.25, 0.3) is 0 Å². The molecule has 1 aliphatic rings. The van der Waals surface area contributed by atoms with E-state index < -0.39 is 0 Å². The zero-order chi connectivity index (χ0) is 14.3. The molecular formula is C16H35N3. The summed E-state index contributed by atoms with van der Waals surface area (Å²) in [5, 5.41) is 0. The Balaban J connectivity index is 2.40. The summed E-state index contributed by atoms with van der Waals surface area (Å²) in [5.41, 5.74) is 0. The van der Waals surface area contributed by atoms with Gasteiger partial charge in [0.15, 0.2) is 0 Å². The minimum Gasteiger partial charge on any atom is -0.307 e. The highest BCUT2D eigenvalue weighted by Crippen LogP contribution is 2.22. The van der Waals surface area contributed by atoms with Crippen LogP contribution in [-0.4, -0.2) is 73.1 Å². The Morgan fingerprint density at radius 3 is 2.47 bits per heavy atom. The summed E-state index contributed by atoms with van der Waals surface area (Å²) in [7, 11) is 2.22. The Labute approximate surface area is 120 Å². The summed E-state index contributed by atoms with van der Waals surface area (Å²) < 4.78 is 0. The lowest BCUT2D eigenvalue weighted by Gasteiger charge is -2.36. The van der Waals surface area contributed by atoms with Gasteiger partial charge in [0, 0.05) is 12.1 Å². The average molecular weight is 269 g/mol. The highest BCUT2D eigenvalue weighted by molar-refractivity contribution is 4.87. The van der Waals surface area contributed by atoms with Crippen LogP contribution < -0.4 is 0 Å². The standard InChI is InChI=1S/C16H35N3/c1-6-17(5)12-10-14-18(7-2)15(4)16-11-9-13-19(16)8-3/h15-16H,6-14H2,1-5H3. The normalized spacial score (nSPS) is 22.6. The molecule has 0 radical (unpaired) electrons. The molecule has 0 amide bonds. The largest absolute Gasteiger partial charge is 0.307 e. The van der Waals surface area contributed by atoms with Gasteiger partial charge in [-0.1, -0.05) is 20.8 Å². The van der Waals surface area contributed by atoms with Gasteiger partial charge in [-0.15, -0.1) is 0 Å². The quantitative estimate of drug-likeness (QED) is 0.637. The van der Waals surface area contributed by atoms with E-state index in [-0.39, 0.29) is 0 Å². The Kier molecular flexibility index (Phi) is 7.96. The number of rotatable bonds is 9. The van der Waals surface area contributed by atoms with Crippen molar-refractivity contribution in [2.24, 2.45) is 0 Å². The Morgan fingerprint density at radius 1 is 1.16 bits per heavy atom. The van der Waals surface area contributed by atoms with Crippen molar-refractivity contribution in [3.05, 3.63) is 0 Å². The Morgan fingerprint density at radius 2 is 1.89 bits per heavy atom. The van der Waals surface area contributed by atoms with E-state index in [9.17, 15) is 0 Å². The molecule has 1 saturated heterocycles. The first kappa shape index (κ1) is 16.9. The van der Waals surface area contributed by atoms with Gasteiger partial charge in [-0.2, -0.15) is 0 Å². The van der Waals surface area contributed by atoms with Gasteiger partial charge in [0.05, 0.1) is 0 Å². The number of nitrogens with zero attached hydrogens (tertiary/aromatic N) is 3. The molecule has 0 aromatic heterocycles. The summed E-state index contributed by atoms with van der Waals surface area (Å²) in [6.07, 6.45) is 4.07. The topological polar surface area (TPSA) is 9.72 Å². The van der Waals surface area contributed by atoms with Crippen LogP contribution >= 0.6 is 0 Å². The fourth-order valence-electron chi connectivity index (χ4n) is 3.39. The number of likely N-dealkylation sites (tertiary alicyclic amines) is 1. The molecule has 0 bridgehead atoms. The molecule has 3 heteroatoms. The molecule has 0 spiro atoms. The molecule has 0 N–H and O–H groups in total. The van der Waals surface area contributed by atoms with E-state index in [1.807, 2.05) is 0 Å². The van der Waals surface area contributed by atoms with E-state index in [4.69, 9.17) is 0 Å². The molecule has 0 aliphatic carbocycles. The second kappa shape index (κ2) is 8.93. The van der Waals surface area contributed by atoms with E-state index in [0.29, 0.717) is 6.04 Å². The second-order valence-electron chi connectivity index (χ2n) is 5.96. The fraction of sp³-hybridized carbons (Fsp3) is 1.00. The van der Waals surface area contributed by atoms with Crippen molar-refractivity contribution in [3.63, 3.8) is 0 Å². The van der Waals surface area contributed by atoms with Gasteiger partial charge < -0.3 is 4.90 Å². The van der Waals surface area contributed by atoms with E-state index in [2.05, 4.69) is 49.4 Å². The maximum atomic E-state index is 2.68. The third kappa shape index (κ3) is 5.05. The molecule has 1 fully saturated rings. The predicted molar refractivity (Wildman–Crippen MR) is 84.8 cm³/mol. The summed E-state index contributed by atoms with van der Waals surface area (Å²) in [5.74, 6) is 0. The van der Waals surface area contributed by atoms with Gasteiger partial charge in [-0.05, 0) is 72.5 Å². The lowest BCUT2D eigenvalue weighted by molar-refractivity contribution is 0.116. The first-order valence-corrected chi connectivity index (χ1v) is 8.30. The van der Waals surface area contributed by atoms with Crippen LogP contribution in [0.2, 0.25) is 0 Å². The van der Waals surface area contributed by atoms with Crippen LogP contribution in [0.4, 0.5) is 0 Å². The van der Waals surface area contributed by atoms with E-state index >= 15 is 0 Å². The van der Waals surface area contributed by atoms with Gasteiger partial charge in [0.2, 0.25) is 0 Å². The second-order valence-corrected chi connectivity index (χ2v) is 5.96. The lowest BCUT2D eigenvalue weighted by atomic mass is 10.1. The van der Waals surface area contributed by atoms with Crippen molar-refractivity contribution >= 4 is 0 Å². The van der Waals surface area contributed by atoms with Crippen molar-refractivity contribution < 1.29 is 0 Å². The minimum atomic E-state index is 0.708. The Bertz CT molecular complexity index is 232. The zero-order valence-electron chi connectivity index (χ0n) is 13.9. The van der Waals surface area contributed by atoms with Gasteiger partial charge in [0.1, 0.15) is 0 Å². The summed E-state index contributed by atoms with van der Waals surface area (Å²) in [6, 6.07) is 1.49. The number of hydrogen-bond donors (Lipinski definition) is 0. The SMILES string of the molecule is CCN(C)CCCN(CC)C(C)C1CCCN1CC. The van der Waals surface area contributed by atoms with E-state index in [1.165, 1.54) is 52.0 Å². The van der Waals surface area contributed by atoms with Crippen molar-refractivity contribution in [2.45, 2.75) is 59.0 Å². The van der Waals surface area contributed by atoms with Crippen LogP contribution in [0.15, 0.2) is 0 Å². The van der Waals surface area contributed by atoms with Gasteiger partial charge in [0.25, 0.3) is 0 Å². The van der Waals surface area contributed by atoms with Gasteiger partial charge in [-0.3, -0.25) is 9.80 Å². The van der Waals surface area contributed by atoms with Crippen LogP contribution in [-0.2, 0) is 0 Å². The lowest BCUT2D eigenvalue weighted by Crippen LogP contribution is -2.48. The third-order valence-corrected chi connectivity index (χ3v) is 4.88. The summed E-state index contributed by atoms with van der Waals surface area (Å²) in [4.78, 5) is 7.76. The van der Waals surface area contributed by atoms with Crippen molar-refractivity contribution in [1.29, 1.82) is 0 Å². The maximum absolute atomic E-state index is 2.68. The van der Waals surface area contributed by atoms with Crippen LogP contribution in [0, 0.1) is 0 Å². The maximum Gasteiger partial charge on any atom is 0.0249 e. The van der Waals surface area contributed by atoms with Crippen LogP contribution in [0.1, 0.15) is 47.0 Å². The first-order valence-electron chi connectivity index (χ1n) is 8.30. The smallest absolute Gasteiger partial charge is 0.0249 e. The molecule has 3 nitrogen and oxygen atoms in total. The van der Waals surface area contributed by atoms with Crippen molar-refractivity contribution in [3.8, 4) is 0 Å². The van der Waals surface area contributed by atoms with Crippen LogP contribution in [0.5, 0.6) is 0 Å². The third-order valence-electron chi connectivity index (χ3n) is 4.88. The van der Waals surface area contributed by atoms with Crippen LogP contribution in [0.3, 0.4) is 0 Å². The van der Waals surface area contributed by atoms with Crippen molar-refractivity contribution in [2.75, 3.05) is 46.3 Å². The molecule has 0 aromatic carbocycles. The predicted octanol–water partition coefficient (Wildman–Crippen LogP) is 2.52. The van der Waals surface area contributed by atoms with E-state index in [0.717, 1.165) is 12.6 Å². The number of likely N-dealkylation sites (N-methyl/N-ethyl adjacent to an activating group) is 2. The molecule has 114 valence electrons. The van der Waals surface area contributed by atoms with E-state index in [1.54, 1.807) is 0 Å².